The van der Waals surface area contributed by atoms with Crippen molar-refractivity contribution in [2.75, 3.05) is 11.6 Å². The molecule has 0 fully saturated rings. The third-order valence-corrected chi connectivity index (χ3v) is 4.40. The maximum Gasteiger partial charge on any atom is 0.280 e. The molecule has 32 heavy (non-hydrogen) atoms. The van der Waals surface area contributed by atoms with E-state index in [4.69, 9.17) is 9.47 Å². The molecule has 1 heterocycles. The number of rotatable bonds is 6. The number of carbonyl (C=O) groups excluding carboxylic acids is 1. The maximum absolute atomic E-state index is 14.2. The van der Waals surface area contributed by atoms with Crippen molar-refractivity contribution in [3.63, 3.8) is 0 Å². The Kier molecular flexibility index (Phi) is 6.52. The molecule has 1 amide bonds. The van der Waals surface area contributed by atoms with E-state index in [1.807, 2.05) is 13.8 Å². The summed E-state index contributed by atoms with van der Waals surface area (Å²) in [7, 11) is 0. The number of benzene rings is 2. The van der Waals surface area contributed by atoms with Crippen LogP contribution in [-0.2, 0) is 4.79 Å². The van der Waals surface area contributed by atoms with E-state index in [0.717, 1.165) is 0 Å². The van der Waals surface area contributed by atoms with Crippen LogP contribution in [0.2, 0.25) is 0 Å². The van der Waals surface area contributed by atoms with Crippen LogP contribution < -0.4 is 14.5 Å². The Morgan fingerprint density at radius 3 is 2.16 bits per heavy atom. The molecule has 0 aliphatic carbocycles. The molecule has 2 aromatic rings. The van der Waals surface area contributed by atoms with Gasteiger partial charge in [-0.25, -0.2) is 22.0 Å². The first kappa shape index (κ1) is 23.2. The summed E-state index contributed by atoms with van der Waals surface area (Å²) in [6.45, 7) is 7.19. The highest BCUT2D eigenvalue weighted by atomic mass is 19.2. The van der Waals surface area contributed by atoms with Gasteiger partial charge >= 0.3 is 0 Å². The third kappa shape index (κ3) is 4.17. The number of halogens is 5. The summed E-state index contributed by atoms with van der Waals surface area (Å²) >= 11 is 0. The summed E-state index contributed by atoms with van der Waals surface area (Å²) in [5.41, 5.74) is -1.03. The van der Waals surface area contributed by atoms with Crippen LogP contribution in [0.25, 0.3) is 6.08 Å². The number of ether oxygens (including phenoxy) is 2. The zero-order chi connectivity index (χ0) is 23.7. The molecule has 0 atom stereocenters. The van der Waals surface area contributed by atoms with Crippen LogP contribution in [0.1, 0.15) is 33.3 Å². The van der Waals surface area contributed by atoms with E-state index in [-0.39, 0.29) is 22.4 Å². The van der Waals surface area contributed by atoms with Gasteiger partial charge in [-0.15, -0.1) is 0 Å². The van der Waals surface area contributed by atoms with Crippen LogP contribution in [-0.4, -0.2) is 24.3 Å². The van der Waals surface area contributed by atoms with Crippen molar-refractivity contribution in [3.05, 3.63) is 58.4 Å². The Morgan fingerprint density at radius 1 is 1.00 bits per heavy atom. The number of nitrogens with zero attached hydrogens (tertiary/aromatic N) is 2. The van der Waals surface area contributed by atoms with Gasteiger partial charge in [0, 0.05) is 0 Å². The van der Waals surface area contributed by atoms with E-state index in [9.17, 15) is 26.7 Å². The van der Waals surface area contributed by atoms with Gasteiger partial charge in [-0.05, 0) is 51.5 Å². The van der Waals surface area contributed by atoms with Crippen molar-refractivity contribution < 1.29 is 36.2 Å². The minimum Gasteiger partial charge on any atom is -0.490 e. The van der Waals surface area contributed by atoms with Gasteiger partial charge in [0.2, 0.25) is 5.82 Å². The molecule has 2 aromatic carbocycles. The van der Waals surface area contributed by atoms with Gasteiger partial charge in [-0.2, -0.15) is 10.1 Å². The molecule has 0 radical (unpaired) electrons. The lowest BCUT2D eigenvalue weighted by atomic mass is 10.1. The number of hydrazone groups is 1. The number of hydrogen-bond donors (Lipinski definition) is 0. The van der Waals surface area contributed by atoms with E-state index in [0.29, 0.717) is 23.7 Å². The molecule has 0 aromatic heterocycles. The second-order valence-corrected chi connectivity index (χ2v) is 7.08. The highest BCUT2D eigenvalue weighted by molar-refractivity contribution is 6.32. The molecule has 170 valence electrons. The average Bonchev–Trinajstić information content (AvgIpc) is 3.01. The van der Waals surface area contributed by atoms with E-state index in [1.165, 1.54) is 13.0 Å². The Balaban J connectivity index is 2.02. The molecule has 0 unspecified atom stereocenters. The first-order valence-electron chi connectivity index (χ1n) is 9.63. The first-order valence-corrected chi connectivity index (χ1v) is 9.63. The Bertz CT molecular complexity index is 1120. The predicted molar refractivity (Wildman–Crippen MR) is 108 cm³/mol. The average molecular weight is 454 g/mol. The second kappa shape index (κ2) is 8.97. The lowest BCUT2D eigenvalue weighted by Crippen LogP contribution is -2.25. The van der Waals surface area contributed by atoms with E-state index >= 15 is 0 Å². The van der Waals surface area contributed by atoms with Crippen molar-refractivity contribution in [2.45, 2.75) is 33.8 Å². The topological polar surface area (TPSA) is 51.1 Å². The molecular formula is C22H19F5N2O3. The van der Waals surface area contributed by atoms with Crippen LogP contribution in [0.15, 0.2) is 28.9 Å². The fourth-order valence-corrected chi connectivity index (χ4v) is 3.02. The predicted octanol–water partition coefficient (Wildman–Crippen LogP) is 5.37. The SMILES string of the molecule is CCOc1cc(/C=C2\C(=O)N(c3c(F)c(F)c(F)c(F)c3F)N=C2C)ccc1OC(C)C. The smallest absolute Gasteiger partial charge is 0.280 e. The highest BCUT2D eigenvalue weighted by Crippen LogP contribution is 2.35. The fraction of sp³-hybridized carbons (Fsp3) is 0.273. The third-order valence-electron chi connectivity index (χ3n) is 4.40. The van der Waals surface area contributed by atoms with Gasteiger partial charge in [-0.3, -0.25) is 4.79 Å². The van der Waals surface area contributed by atoms with Gasteiger partial charge in [0.25, 0.3) is 5.91 Å². The molecule has 5 nitrogen and oxygen atoms in total. The molecule has 10 heteroatoms. The summed E-state index contributed by atoms with van der Waals surface area (Å²) in [5, 5.41) is 3.87. The maximum atomic E-state index is 14.2. The van der Waals surface area contributed by atoms with Crippen molar-refractivity contribution in [1.82, 2.24) is 0 Å². The molecule has 0 N–H and O–H groups in total. The van der Waals surface area contributed by atoms with E-state index in [1.54, 1.807) is 25.1 Å². The molecule has 0 saturated heterocycles. The zero-order valence-electron chi connectivity index (χ0n) is 17.6. The van der Waals surface area contributed by atoms with Crippen LogP contribution >= 0.6 is 0 Å². The summed E-state index contributed by atoms with van der Waals surface area (Å²) in [4.78, 5) is 12.8. The van der Waals surface area contributed by atoms with Crippen molar-refractivity contribution >= 4 is 23.4 Å². The van der Waals surface area contributed by atoms with Crippen molar-refractivity contribution in [1.29, 1.82) is 0 Å². The second-order valence-electron chi connectivity index (χ2n) is 7.08. The normalized spacial score (nSPS) is 15.1. The standard InChI is InChI=1S/C22H19F5N2O3/c1-5-31-15-9-12(6-7-14(15)32-10(2)3)8-13-11(4)28-29(22(13)30)21-19(26)17(24)16(23)18(25)20(21)27/h6-10H,5H2,1-4H3/b13-8-. The monoisotopic (exact) mass is 454 g/mol. The van der Waals surface area contributed by atoms with Gasteiger partial charge in [-0.1, -0.05) is 6.07 Å². The quantitative estimate of drug-likeness (QED) is 0.255. The molecule has 0 saturated carbocycles. The van der Waals surface area contributed by atoms with E-state index in [2.05, 4.69) is 5.10 Å². The van der Waals surface area contributed by atoms with Crippen molar-refractivity contribution in [3.8, 4) is 11.5 Å². The number of amides is 1. The van der Waals surface area contributed by atoms with Gasteiger partial charge in [0.1, 0.15) is 5.69 Å². The van der Waals surface area contributed by atoms with Crippen LogP contribution in [0.3, 0.4) is 0 Å². The number of hydrogen-bond acceptors (Lipinski definition) is 4. The van der Waals surface area contributed by atoms with Crippen LogP contribution in [0.5, 0.6) is 11.5 Å². The Morgan fingerprint density at radius 2 is 1.59 bits per heavy atom. The highest BCUT2D eigenvalue weighted by Gasteiger charge is 2.37. The van der Waals surface area contributed by atoms with Crippen molar-refractivity contribution in [2.24, 2.45) is 5.10 Å². The lowest BCUT2D eigenvalue weighted by molar-refractivity contribution is -0.114. The lowest BCUT2D eigenvalue weighted by Gasteiger charge is -2.15. The summed E-state index contributed by atoms with van der Waals surface area (Å²) in [6, 6.07) is 4.84. The molecule has 0 spiro atoms. The van der Waals surface area contributed by atoms with Gasteiger partial charge < -0.3 is 9.47 Å². The molecular weight excluding hydrogens is 435 g/mol. The summed E-state index contributed by atoms with van der Waals surface area (Å²) in [5.74, 6) is -11.1. The Hall–Kier alpha value is -3.43. The summed E-state index contributed by atoms with van der Waals surface area (Å²) < 4.78 is 80.0. The minimum absolute atomic E-state index is 0.0272. The first-order chi connectivity index (χ1) is 15.1. The van der Waals surface area contributed by atoms with Crippen LogP contribution in [0.4, 0.5) is 27.6 Å². The van der Waals surface area contributed by atoms with Crippen LogP contribution in [0, 0.1) is 29.1 Å². The van der Waals surface area contributed by atoms with Gasteiger partial charge in [0.05, 0.1) is 24.0 Å². The molecule has 1 aliphatic heterocycles. The zero-order valence-corrected chi connectivity index (χ0v) is 17.6. The minimum atomic E-state index is -2.32. The van der Waals surface area contributed by atoms with Gasteiger partial charge in [0.15, 0.2) is 34.8 Å². The fourth-order valence-electron chi connectivity index (χ4n) is 3.02. The van der Waals surface area contributed by atoms with E-state index < -0.39 is 40.7 Å². The summed E-state index contributed by atoms with van der Waals surface area (Å²) in [6.07, 6.45) is 1.26. The largest absolute Gasteiger partial charge is 0.490 e. The molecule has 1 aliphatic rings. The number of carbonyl (C=O) groups is 1. The Labute approximate surface area is 180 Å². The number of anilines is 1. The molecule has 3 rings (SSSR count). The molecule has 0 bridgehead atoms.